The smallest absolute Gasteiger partial charge is 0.327 e. The second-order valence-corrected chi connectivity index (χ2v) is 5.77. The van der Waals surface area contributed by atoms with Gasteiger partial charge in [0, 0.05) is 19.7 Å². The molecule has 110 valence electrons. The second-order valence-electron chi connectivity index (χ2n) is 5.77. The number of nitrogens with zero attached hydrogens (tertiary/aromatic N) is 1. The highest BCUT2D eigenvalue weighted by molar-refractivity contribution is 5.81. The molecule has 19 heavy (non-hydrogen) atoms. The molecule has 1 aliphatic heterocycles. The first-order chi connectivity index (χ1) is 9.10. The predicted octanol–water partition coefficient (Wildman–Crippen LogP) is 0.768. The molecule has 2 fully saturated rings. The van der Waals surface area contributed by atoms with Gasteiger partial charge in [0.1, 0.15) is 5.54 Å². The Morgan fingerprint density at radius 3 is 2.68 bits per heavy atom. The van der Waals surface area contributed by atoms with Crippen molar-refractivity contribution in [1.82, 2.24) is 4.90 Å². The third-order valence-electron chi connectivity index (χ3n) is 4.29. The summed E-state index contributed by atoms with van der Waals surface area (Å²) in [6.45, 7) is 5.26. The Morgan fingerprint density at radius 2 is 2.21 bits per heavy atom. The predicted molar refractivity (Wildman–Crippen MR) is 72.7 cm³/mol. The number of ether oxygens (including phenoxy) is 2. The van der Waals surface area contributed by atoms with Crippen LogP contribution in [0.2, 0.25) is 0 Å². The lowest BCUT2D eigenvalue weighted by atomic mass is 9.93. The molecule has 1 saturated heterocycles. The molecule has 0 aromatic rings. The summed E-state index contributed by atoms with van der Waals surface area (Å²) in [4.78, 5) is 14.2. The summed E-state index contributed by atoms with van der Waals surface area (Å²) in [7, 11) is 1.42. The van der Waals surface area contributed by atoms with E-state index in [0.29, 0.717) is 12.6 Å². The van der Waals surface area contributed by atoms with E-state index in [4.69, 9.17) is 15.2 Å². The quantitative estimate of drug-likeness (QED) is 0.692. The van der Waals surface area contributed by atoms with Crippen molar-refractivity contribution in [2.45, 2.75) is 44.2 Å². The second kappa shape index (κ2) is 6.20. The van der Waals surface area contributed by atoms with Crippen LogP contribution < -0.4 is 5.73 Å². The molecule has 0 radical (unpaired) electrons. The minimum atomic E-state index is -0.844. The van der Waals surface area contributed by atoms with Crippen LogP contribution in [0.4, 0.5) is 0 Å². The van der Waals surface area contributed by atoms with E-state index in [1.165, 1.54) is 7.11 Å². The number of carbonyl (C=O) groups is 1. The molecule has 0 amide bonds. The normalized spacial score (nSPS) is 26.4. The number of rotatable bonds is 7. The van der Waals surface area contributed by atoms with E-state index >= 15 is 0 Å². The van der Waals surface area contributed by atoms with Gasteiger partial charge < -0.3 is 15.2 Å². The lowest BCUT2D eigenvalue weighted by molar-refractivity contribution is -0.149. The fourth-order valence-electron chi connectivity index (χ4n) is 2.90. The average Bonchev–Trinajstić information content (AvgIpc) is 3.16. The summed E-state index contributed by atoms with van der Waals surface area (Å²) in [6, 6.07) is 0. The SMILES string of the molecule is CCN(CC1CCCO1)CC(N)(C(=O)OC)C1CC1. The molecule has 0 aromatic carbocycles. The van der Waals surface area contributed by atoms with Crippen molar-refractivity contribution < 1.29 is 14.3 Å². The Balaban J connectivity index is 1.95. The van der Waals surface area contributed by atoms with Gasteiger partial charge in [-0.3, -0.25) is 9.69 Å². The van der Waals surface area contributed by atoms with Crippen LogP contribution in [0.5, 0.6) is 0 Å². The van der Waals surface area contributed by atoms with Gasteiger partial charge in [-0.1, -0.05) is 6.92 Å². The molecule has 0 aromatic heterocycles. The molecule has 2 N–H and O–H groups in total. The largest absolute Gasteiger partial charge is 0.468 e. The molecule has 1 saturated carbocycles. The maximum Gasteiger partial charge on any atom is 0.327 e. The van der Waals surface area contributed by atoms with Crippen molar-refractivity contribution in [1.29, 1.82) is 0 Å². The van der Waals surface area contributed by atoms with E-state index in [0.717, 1.165) is 45.4 Å². The Bertz CT molecular complexity index is 314. The van der Waals surface area contributed by atoms with Crippen LogP contribution in [-0.2, 0) is 14.3 Å². The summed E-state index contributed by atoms with van der Waals surface area (Å²) in [5.41, 5.74) is 5.51. The van der Waals surface area contributed by atoms with Crippen molar-refractivity contribution in [3.63, 3.8) is 0 Å². The number of hydrogen-bond donors (Lipinski definition) is 1. The van der Waals surface area contributed by atoms with E-state index in [1.54, 1.807) is 0 Å². The van der Waals surface area contributed by atoms with Crippen molar-refractivity contribution in [2.24, 2.45) is 11.7 Å². The van der Waals surface area contributed by atoms with Crippen molar-refractivity contribution >= 4 is 5.97 Å². The molecule has 1 heterocycles. The summed E-state index contributed by atoms with van der Waals surface area (Å²) in [6.07, 6.45) is 4.60. The standard InChI is InChI=1S/C14H26N2O3/c1-3-16(9-12-5-4-8-19-12)10-14(15,11-6-7-11)13(17)18-2/h11-12H,3-10,15H2,1-2H3. The average molecular weight is 270 g/mol. The highest BCUT2D eigenvalue weighted by Crippen LogP contribution is 2.39. The molecule has 5 heteroatoms. The van der Waals surface area contributed by atoms with Gasteiger partial charge in [0.15, 0.2) is 0 Å². The molecular weight excluding hydrogens is 244 g/mol. The molecule has 0 bridgehead atoms. The Kier molecular flexibility index (Phi) is 4.81. The number of esters is 1. The maximum absolute atomic E-state index is 12.0. The van der Waals surface area contributed by atoms with Crippen LogP contribution in [0, 0.1) is 5.92 Å². The molecule has 2 rings (SSSR count). The van der Waals surface area contributed by atoms with Crippen LogP contribution in [-0.4, -0.2) is 55.9 Å². The van der Waals surface area contributed by atoms with Gasteiger partial charge in [-0.25, -0.2) is 0 Å². The van der Waals surface area contributed by atoms with Gasteiger partial charge in [-0.2, -0.15) is 0 Å². The summed E-state index contributed by atoms with van der Waals surface area (Å²) in [5.74, 6) is -0.000660. The summed E-state index contributed by atoms with van der Waals surface area (Å²) < 4.78 is 10.6. The Morgan fingerprint density at radius 1 is 1.47 bits per heavy atom. The van der Waals surface area contributed by atoms with Crippen molar-refractivity contribution in [3.8, 4) is 0 Å². The van der Waals surface area contributed by atoms with Crippen molar-refractivity contribution in [2.75, 3.05) is 33.4 Å². The number of hydrogen-bond acceptors (Lipinski definition) is 5. The van der Waals surface area contributed by atoms with Gasteiger partial charge in [0.05, 0.1) is 13.2 Å². The van der Waals surface area contributed by atoms with E-state index in [1.807, 2.05) is 0 Å². The minimum Gasteiger partial charge on any atom is -0.468 e. The van der Waals surface area contributed by atoms with Gasteiger partial charge in [-0.15, -0.1) is 0 Å². The molecule has 2 aliphatic rings. The van der Waals surface area contributed by atoms with E-state index < -0.39 is 5.54 Å². The highest BCUT2D eigenvalue weighted by Gasteiger charge is 2.49. The van der Waals surface area contributed by atoms with Crippen LogP contribution in [0.15, 0.2) is 0 Å². The van der Waals surface area contributed by atoms with Crippen LogP contribution in [0.1, 0.15) is 32.6 Å². The molecule has 0 spiro atoms. The first kappa shape index (κ1) is 14.8. The number of methoxy groups -OCH3 is 1. The van der Waals surface area contributed by atoms with E-state index in [-0.39, 0.29) is 11.9 Å². The van der Waals surface area contributed by atoms with E-state index in [9.17, 15) is 4.79 Å². The third-order valence-corrected chi connectivity index (χ3v) is 4.29. The van der Waals surface area contributed by atoms with Gasteiger partial charge >= 0.3 is 5.97 Å². The first-order valence-corrected chi connectivity index (χ1v) is 7.31. The lowest BCUT2D eigenvalue weighted by Crippen LogP contribution is -2.59. The Labute approximate surface area is 115 Å². The zero-order valence-corrected chi connectivity index (χ0v) is 12.1. The topological polar surface area (TPSA) is 64.8 Å². The zero-order chi connectivity index (χ0) is 13.9. The highest BCUT2D eigenvalue weighted by atomic mass is 16.5. The number of carbonyl (C=O) groups excluding carboxylic acids is 1. The molecule has 5 nitrogen and oxygen atoms in total. The van der Waals surface area contributed by atoms with E-state index in [2.05, 4.69) is 11.8 Å². The summed E-state index contributed by atoms with van der Waals surface area (Å²) >= 11 is 0. The zero-order valence-electron chi connectivity index (χ0n) is 12.1. The van der Waals surface area contributed by atoms with Gasteiger partial charge in [0.25, 0.3) is 0 Å². The Hall–Kier alpha value is -0.650. The fourth-order valence-corrected chi connectivity index (χ4v) is 2.90. The van der Waals surface area contributed by atoms with Crippen LogP contribution in [0.3, 0.4) is 0 Å². The van der Waals surface area contributed by atoms with Crippen LogP contribution >= 0.6 is 0 Å². The molecule has 2 atom stereocenters. The number of nitrogens with two attached hydrogens (primary N) is 1. The van der Waals surface area contributed by atoms with Gasteiger partial charge in [0.2, 0.25) is 0 Å². The molecular formula is C14H26N2O3. The molecule has 2 unspecified atom stereocenters. The third kappa shape index (κ3) is 3.46. The van der Waals surface area contributed by atoms with Gasteiger partial charge in [-0.05, 0) is 38.1 Å². The maximum atomic E-state index is 12.0. The van der Waals surface area contributed by atoms with Crippen LogP contribution in [0.25, 0.3) is 0 Å². The minimum absolute atomic E-state index is 0.276. The number of likely N-dealkylation sites (N-methyl/N-ethyl adjacent to an activating group) is 1. The first-order valence-electron chi connectivity index (χ1n) is 7.31. The van der Waals surface area contributed by atoms with Crippen molar-refractivity contribution in [3.05, 3.63) is 0 Å². The fraction of sp³-hybridized carbons (Fsp3) is 0.929. The monoisotopic (exact) mass is 270 g/mol. The molecule has 1 aliphatic carbocycles. The summed E-state index contributed by atoms with van der Waals surface area (Å²) in [5, 5.41) is 0. The lowest BCUT2D eigenvalue weighted by Gasteiger charge is -2.33.